The molecule has 1 amide bonds. The van der Waals surface area contributed by atoms with Crippen molar-refractivity contribution in [3.63, 3.8) is 0 Å². The van der Waals surface area contributed by atoms with Crippen molar-refractivity contribution >= 4 is 118 Å². The minimum atomic E-state index is -1.06. The van der Waals surface area contributed by atoms with Crippen LogP contribution in [-0.4, -0.2) is 139 Å². The van der Waals surface area contributed by atoms with Crippen LogP contribution in [-0.2, 0) is 62.2 Å². The molecule has 0 unspecified atom stereocenters. The number of rotatable bonds is 8. The number of aromatic nitrogens is 6. The largest absolute Gasteiger partial charge is 1.00 e. The van der Waals surface area contributed by atoms with E-state index in [2.05, 4.69) is 110 Å². The molecule has 7 aliphatic rings. The molecular weight excluding hydrogens is 1330 g/mol. The minimum absolute atomic E-state index is 0. The molecule has 13 rings (SSSR count). The fourth-order valence-corrected chi connectivity index (χ4v) is 17.5. The molecule has 6 aliphatic carbocycles. The van der Waals surface area contributed by atoms with E-state index >= 15 is 0 Å². The van der Waals surface area contributed by atoms with Gasteiger partial charge in [0.15, 0.2) is 17.4 Å². The van der Waals surface area contributed by atoms with Crippen LogP contribution in [0.3, 0.4) is 0 Å². The zero-order chi connectivity index (χ0) is 70.1. The molecule has 0 bridgehead atoms. The second kappa shape index (κ2) is 36.5. The van der Waals surface area contributed by atoms with Crippen LogP contribution in [0.25, 0.3) is 30.6 Å². The van der Waals surface area contributed by atoms with Gasteiger partial charge in [-0.2, -0.15) is 0 Å². The number of alkyl carbamates (subject to hydrolysis) is 1. The predicted molar refractivity (Wildman–Crippen MR) is 413 cm³/mol. The third kappa shape index (κ3) is 25.1. The summed E-state index contributed by atoms with van der Waals surface area (Å²) in [6, 6.07) is 2.65. The van der Waals surface area contributed by atoms with Gasteiger partial charge in [0.1, 0.15) is 67.7 Å². The Balaban J connectivity index is 0.000000239. The van der Waals surface area contributed by atoms with E-state index in [0.717, 1.165) is 117 Å². The molecule has 25 heteroatoms. The topological polar surface area (TPSA) is 261 Å². The maximum Gasteiger partial charge on any atom is 1.00 e. The molecule has 0 spiro atoms. The van der Waals surface area contributed by atoms with E-state index in [1.165, 1.54) is 123 Å². The number of nitrogens with two attached hydrogens (primary N) is 1. The summed E-state index contributed by atoms with van der Waals surface area (Å²) in [4.78, 5) is 69.6. The first-order valence-electron chi connectivity index (χ1n) is 35.9. The number of carbonyl (C=O) groups excluding carboxylic acids is 3. The van der Waals surface area contributed by atoms with Gasteiger partial charge < -0.3 is 57.4 Å². The van der Waals surface area contributed by atoms with E-state index < -0.39 is 29.1 Å². The van der Waals surface area contributed by atoms with Gasteiger partial charge in [-0.05, 0) is 250 Å². The fourth-order valence-electron chi connectivity index (χ4n) is 14.0. The summed E-state index contributed by atoms with van der Waals surface area (Å²) in [5.74, 6) is 3.10. The zero-order valence-corrected chi connectivity index (χ0v) is 64.6. The van der Waals surface area contributed by atoms with Gasteiger partial charge in [0.25, 0.3) is 0 Å². The van der Waals surface area contributed by atoms with Crippen LogP contribution in [0.15, 0.2) is 19.0 Å². The molecule has 3 saturated carbocycles. The monoisotopic (exact) mass is 1450 g/mol. The van der Waals surface area contributed by atoms with Gasteiger partial charge in [0.05, 0.1) is 16.2 Å². The first-order valence-corrected chi connectivity index (χ1v) is 38.3. The number of nitrogens with one attached hydrogen (secondary N) is 5. The number of nitrogens with zero attached hydrogens (tertiary/aromatic N) is 6. The van der Waals surface area contributed by atoms with E-state index in [0.29, 0.717) is 46.5 Å². The first-order chi connectivity index (χ1) is 45.7. The number of fused-ring (bicyclic) bond motifs is 9. The van der Waals surface area contributed by atoms with E-state index in [4.69, 9.17) is 24.7 Å². The molecule has 1 saturated heterocycles. The summed E-state index contributed by atoms with van der Waals surface area (Å²) in [5.41, 5.74) is 9.74. The Hall–Kier alpha value is -4.46. The third-order valence-corrected chi connectivity index (χ3v) is 22.8. The number of carbonyl (C=O) groups is 3. The molecule has 0 aromatic carbocycles. The number of amides is 1. The molecule has 0 atom stereocenters. The van der Waals surface area contributed by atoms with E-state index in [1.54, 1.807) is 60.5 Å². The number of thiophene rings is 3. The molecule has 7 N–H and O–H groups in total. The molecule has 6 aromatic heterocycles. The van der Waals surface area contributed by atoms with Gasteiger partial charge in [0.2, 0.25) is 0 Å². The van der Waals surface area contributed by atoms with E-state index in [1.807, 2.05) is 54.8 Å². The van der Waals surface area contributed by atoms with Gasteiger partial charge in [0, 0.05) is 64.1 Å². The maximum atomic E-state index is 12.0. The predicted octanol–water partition coefficient (Wildman–Crippen LogP) is 13.7. The van der Waals surface area contributed by atoms with Crippen molar-refractivity contribution in [2.24, 2.45) is 22.0 Å². The molecule has 4 fully saturated rings. The number of anilines is 3. The first kappa shape index (κ1) is 84.5. The van der Waals surface area contributed by atoms with E-state index in [9.17, 15) is 14.4 Å². The van der Waals surface area contributed by atoms with Crippen molar-refractivity contribution in [2.75, 3.05) is 36.2 Å². The fraction of sp³-hybridized carbons (Fsp3) is 0.720. The smallest absolute Gasteiger partial charge is 1.00 e. The second-order valence-corrected chi connectivity index (χ2v) is 36.4. The molecule has 7 heterocycles. The summed E-state index contributed by atoms with van der Waals surface area (Å²) in [6.07, 6.45) is 29.3. The van der Waals surface area contributed by atoms with Crippen LogP contribution in [0.5, 0.6) is 0 Å². The molecule has 0 radical (unpaired) electrons. The van der Waals surface area contributed by atoms with Gasteiger partial charge in [-0.1, -0.05) is 49.0 Å². The zero-order valence-electron chi connectivity index (χ0n) is 63.1. The van der Waals surface area contributed by atoms with Crippen LogP contribution >= 0.6 is 34.0 Å². The Labute approximate surface area is 632 Å². The Morgan fingerprint density at radius 1 is 0.500 bits per heavy atom. The van der Waals surface area contributed by atoms with Gasteiger partial charge in [-0.3, -0.25) is 0 Å². The van der Waals surface area contributed by atoms with Crippen molar-refractivity contribution in [3.8, 4) is 0 Å². The summed E-state index contributed by atoms with van der Waals surface area (Å²) in [7, 11) is 2.08. The van der Waals surface area contributed by atoms with Crippen LogP contribution < -0.4 is 51.2 Å². The van der Waals surface area contributed by atoms with Gasteiger partial charge >= 0.3 is 37.3 Å². The quantitative estimate of drug-likeness (QED) is 0.0358. The summed E-state index contributed by atoms with van der Waals surface area (Å²) < 4.78 is 24.1. The number of aryl methyl sites for hydroxylation is 3. The third-order valence-electron chi connectivity index (χ3n) is 19.2. The van der Waals surface area contributed by atoms with E-state index in [-0.39, 0.29) is 57.2 Å². The Morgan fingerprint density at radius 2 is 0.810 bits per heavy atom. The van der Waals surface area contributed by atoms with Crippen LogP contribution in [0.2, 0.25) is 0 Å². The van der Waals surface area contributed by atoms with Crippen molar-refractivity contribution in [2.45, 2.75) is 312 Å². The molecule has 552 valence electrons. The van der Waals surface area contributed by atoms with Crippen LogP contribution in [0.1, 0.15) is 253 Å². The maximum absolute atomic E-state index is 12.0. The van der Waals surface area contributed by atoms with Crippen molar-refractivity contribution < 1.29 is 58.4 Å². The normalized spacial score (nSPS) is 22.6. The molecular formula is C75H122AlLiN12O8S3. The molecule has 100 heavy (non-hydrogen) atoms. The molecule has 20 nitrogen and oxygen atoms in total. The Kier molecular flexibility index (Phi) is 30.8. The molecule has 1 aliphatic heterocycles. The average molecular weight is 1450 g/mol. The Bertz CT molecular complexity index is 3580. The average Bonchev–Trinajstić information content (AvgIpc) is 1.64. The summed E-state index contributed by atoms with van der Waals surface area (Å²) in [5, 5.41) is 21.4. The number of hydrogen-bond donors (Lipinski definition) is 6. The number of hydrogen-bond acceptors (Lipinski definition) is 22. The van der Waals surface area contributed by atoms with Crippen LogP contribution in [0.4, 0.5) is 31.8 Å². The van der Waals surface area contributed by atoms with Gasteiger partial charge in [-0.25, -0.2) is 44.3 Å². The summed E-state index contributed by atoms with van der Waals surface area (Å²) >= 11 is 5.58. The minimum Gasteiger partial charge on any atom is -1.00 e. The van der Waals surface area contributed by atoms with Gasteiger partial charge in [-0.15, -0.1) is 34.0 Å². The SMILES string of the molecule is C.C1CCOC1.CC(C)(C)OC(=O)OC(=O)OC(C)(C)C.CC1(C)CCc2sc3ncnc(NC4CCC(N)CC4)c3c2C1.CC1(C)CCc2sc3ncnc(NC4CCC(NC(=O)OC(C)(C)C)CC4)c3c2C1.CNC1CCC(Nc2ncnc3sc4c(c23)CC(C)(C)CC4)CC1.[AlH3].[H-].[Li+]. The summed E-state index contributed by atoms with van der Waals surface area (Å²) in [6.45, 7) is 31.9. The number of ether oxygens (including phenoxy) is 5. The van der Waals surface area contributed by atoms with Crippen molar-refractivity contribution in [1.82, 2.24) is 40.5 Å². The second-order valence-electron chi connectivity index (χ2n) is 33.2. The van der Waals surface area contributed by atoms with Crippen LogP contribution in [0, 0.1) is 16.2 Å². The standard InChI is InChI=1S/C23H34N4O2S.C19H28N4S.C18H26N4S.C10H18O5.C4H8O.CH4.Al.Li.4H/c1-22(2,3)29-21(28)27-15-8-6-14(7-9-15)26-19-18-16-12-23(4,5)11-10-17(16)30-20(18)25-13-24-19;1-19(2)9-8-15-14(10-19)16-17(21-11-22-18(16)24-15)23-13-6-4-12(20-3)5-7-13;1-18(2)8-7-14-13(9-18)15-16(20-10-21-17(15)23-14)22-12-5-3-11(19)4-6-12;1-9(2,3)14-7(11)13-8(12)15-10(4,5)6;1-2-4-5-3-1;;;;;;;/h13-15H,6-12H2,1-5H3,(H,27,28)(H,24,25,26);11-13,20H,4-10H2,1-3H3,(H,21,22,23);10-12H,3-9,19H2,1-2H3,(H,20,21,22);1-6H3;1-4H2;1H4;;;;;;/q;;;;;;;+1;;;;-1. The molecule has 6 aromatic rings. The van der Waals surface area contributed by atoms with Crippen molar-refractivity contribution in [1.29, 1.82) is 0 Å². The Morgan fingerprint density at radius 3 is 1.11 bits per heavy atom. The van der Waals surface area contributed by atoms with Crippen molar-refractivity contribution in [3.05, 3.63) is 50.3 Å².